The average Bonchev–Trinajstić information content (AvgIpc) is 2.63. The standard InChI is InChI=1S/C9H9BrO2S/c10-8-2-6(4-13-8)7-1-5(7)3-9(11)12/h2,4-5,7H,1,3H2,(H,11,12). The fourth-order valence-electron chi connectivity index (χ4n) is 1.62. The molecule has 0 aliphatic heterocycles. The number of carbonyl (C=O) groups is 1. The van der Waals surface area contributed by atoms with E-state index in [0.29, 0.717) is 18.3 Å². The molecule has 1 saturated carbocycles. The molecule has 2 atom stereocenters. The summed E-state index contributed by atoms with van der Waals surface area (Å²) < 4.78 is 1.13. The fourth-order valence-corrected chi connectivity index (χ4v) is 2.86. The van der Waals surface area contributed by atoms with Crippen LogP contribution in [-0.2, 0) is 4.79 Å². The molecular weight excluding hydrogens is 252 g/mol. The second-order valence-electron chi connectivity index (χ2n) is 3.38. The van der Waals surface area contributed by atoms with Crippen molar-refractivity contribution in [1.29, 1.82) is 0 Å². The number of hydrogen-bond donors (Lipinski definition) is 1. The van der Waals surface area contributed by atoms with Crippen molar-refractivity contribution in [1.82, 2.24) is 0 Å². The van der Waals surface area contributed by atoms with Gasteiger partial charge in [0.15, 0.2) is 0 Å². The molecule has 1 heterocycles. The fraction of sp³-hybridized carbons (Fsp3) is 0.444. The van der Waals surface area contributed by atoms with Crippen molar-refractivity contribution in [2.45, 2.75) is 18.8 Å². The molecule has 70 valence electrons. The first kappa shape index (κ1) is 9.21. The minimum absolute atomic E-state index is 0.318. The summed E-state index contributed by atoms with van der Waals surface area (Å²) in [5.74, 6) is 0.194. The maximum absolute atomic E-state index is 10.4. The van der Waals surface area contributed by atoms with Crippen molar-refractivity contribution >= 4 is 33.2 Å². The summed E-state index contributed by atoms with van der Waals surface area (Å²) >= 11 is 5.06. The highest BCUT2D eigenvalue weighted by Crippen LogP contribution is 2.50. The van der Waals surface area contributed by atoms with Crippen LogP contribution in [0.15, 0.2) is 15.2 Å². The number of carboxylic acids is 1. The molecule has 1 aliphatic carbocycles. The molecular formula is C9H9BrO2S. The Balaban J connectivity index is 1.96. The van der Waals surface area contributed by atoms with Gasteiger partial charge in [-0.25, -0.2) is 0 Å². The maximum Gasteiger partial charge on any atom is 0.303 e. The molecule has 1 aromatic heterocycles. The molecule has 4 heteroatoms. The van der Waals surface area contributed by atoms with Gasteiger partial charge in [-0.2, -0.15) is 0 Å². The SMILES string of the molecule is O=C(O)CC1CC1c1csc(Br)c1. The van der Waals surface area contributed by atoms with E-state index < -0.39 is 5.97 Å². The third-order valence-corrected chi connectivity index (χ3v) is 3.90. The van der Waals surface area contributed by atoms with E-state index in [-0.39, 0.29) is 0 Å². The van der Waals surface area contributed by atoms with Crippen molar-refractivity contribution in [3.05, 3.63) is 20.8 Å². The van der Waals surface area contributed by atoms with Gasteiger partial charge < -0.3 is 5.11 Å². The summed E-state index contributed by atoms with van der Waals surface area (Å²) in [5.41, 5.74) is 1.29. The van der Waals surface area contributed by atoms with Crippen LogP contribution in [0.1, 0.15) is 24.3 Å². The zero-order valence-electron chi connectivity index (χ0n) is 6.87. The normalized spacial score (nSPS) is 25.9. The first-order valence-electron chi connectivity index (χ1n) is 4.12. The lowest BCUT2D eigenvalue weighted by Crippen LogP contribution is -1.96. The number of hydrogen-bond acceptors (Lipinski definition) is 2. The van der Waals surface area contributed by atoms with Crippen LogP contribution in [0.2, 0.25) is 0 Å². The van der Waals surface area contributed by atoms with Crippen molar-refractivity contribution < 1.29 is 9.90 Å². The first-order valence-corrected chi connectivity index (χ1v) is 5.80. The van der Waals surface area contributed by atoms with Crippen LogP contribution >= 0.6 is 27.3 Å². The summed E-state index contributed by atoms with van der Waals surface area (Å²) in [6.45, 7) is 0. The van der Waals surface area contributed by atoms with E-state index in [1.54, 1.807) is 11.3 Å². The Kier molecular flexibility index (Phi) is 2.43. The number of thiophene rings is 1. The van der Waals surface area contributed by atoms with Gasteiger partial charge in [-0.05, 0) is 51.2 Å². The maximum atomic E-state index is 10.4. The highest BCUT2D eigenvalue weighted by atomic mass is 79.9. The number of halogens is 1. The molecule has 13 heavy (non-hydrogen) atoms. The smallest absolute Gasteiger partial charge is 0.303 e. The quantitative estimate of drug-likeness (QED) is 0.907. The van der Waals surface area contributed by atoms with Crippen molar-refractivity contribution in [2.75, 3.05) is 0 Å². The number of rotatable bonds is 3. The summed E-state index contributed by atoms with van der Waals surface area (Å²) in [6.07, 6.45) is 1.35. The second-order valence-corrected chi connectivity index (χ2v) is 5.67. The molecule has 0 spiro atoms. The van der Waals surface area contributed by atoms with Crippen LogP contribution in [0.25, 0.3) is 0 Å². The van der Waals surface area contributed by atoms with Gasteiger partial charge in [-0.1, -0.05) is 0 Å². The van der Waals surface area contributed by atoms with Gasteiger partial charge in [-0.3, -0.25) is 4.79 Å². The Morgan fingerprint density at radius 2 is 2.54 bits per heavy atom. The molecule has 0 radical (unpaired) electrons. The summed E-state index contributed by atoms with van der Waals surface area (Å²) in [5, 5.41) is 10.7. The molecule has 1 N–H and O–H groups in total. The highest BCUT2D eigenvalue weighted by Gasteiger charge is 2.39. The molecule has 1 fully saturated rings. The Morgan fingerprint density at radius 3 is 3.08 bits per heavy atom. The molecule has 2 unspecified atom stereocenters. The number of carboxylic acid groups (broad SMARTS) is 1. The van der Waals surface area contributed by atoms with Crippen LogP contribution in [0, 0.1) is 5.92 Å². The van der Waals surface area contributed by atoms with Crippen LogP contribution in [0.5, 0.6) is 0 Å². The predicted octanol–water partition coefficient (Wildman–Crippen LogP) is 3.09. The lowest BCUT2D eigenvalue weighted by molar-refractivity contribution is -0.137. The van der Waals surface area contributed by atoms with E-state index in [1.165, 1.54) is 5.56 Å². The van der Waals surface area contributed by atoms with E-state index in [0.717, 1.165) is 10.2 Å². The molecule has 2 rings (SSSR count). The first-order chi connectivity index (χ1) is 6.16. The number of aliphatic carboxylic acids is 1. The highest BCUT2D eigenvalue weighted by molar-refractivity contribution is 9.11. The Bertz CT molecular complexity index is 334. The van der Waals surface area contributed by atoms with Crippen molar-refractivity contribution in [3.8, 4) is 0 Å². The molecule has 0 saturated heterocycles. The summed E-state index contributed by atoms with van der Waals surface area (Å²) in [6, 6.07) is 2.09. The molecule has 0 aromatic carbocycles. The Morgan fingerprint density at radius 1 is 1.77 bits per heavy atom. The second kappa shape index (κ2) is 3.42. The largest absolute Gasteiger partial charge is 0.481 e. The minimum Gasteiger partial charge on any atom is -0.481 e. The molecule has 1 aromatic rings. The van der Waals surface area contributed by atoms with Gasteiger partial charge >= 0.3 is 5.97 Å². The van der Waals surface area contributed by atoms with E-state index in [1.807, 2.05) is 0 Å². The zero-order valence-corrected chi connectivity index (χ0v) is 9.27. The third kappa shape index (κ3) is 2.11. The lowest BCUT2D eigenvalue weighted by atomic mass is 10.1. The van der Waals surface area contributed by atoms with Crippen LogP contribution in [0.4, 0.5) is 0 Å². The van der Waals surface area contributed by atoms with Crippen LogP contribution in [-0.4, -0.2) is 11.1 Å². The summed E-state index contributed by atoms with van der Waals surface area (Å²) in [7, 11) is 0. The molecule has 0 amide bonds. The predicted molar refractivity (Wildman–Crippen MR) is 55.1 cm³/mol. The Hall–Kier alpha value is -0.350. The zero-order chi connectivity index (χ0) is 9.42. The monoisotopic (exact) mass is 260 g/mol. The molecule has 2 nitrogen and oxygen atoms in total. The van der Waals surface area contributed by atoms with Gasteiger partial charge in [-0.15, -0.1) is 11.3 Å². The molecule has 0 bridgehead atoms. The van der Waals surface area contributed by atoms with Crippen LogP contribution < -0.4 is 0 Å². The third-order valence-electron chi connectivity index (χ3n) is 2.38. The van der Waals surface area contributed by atoms with E-state index in [2.05, 4.69) is 27.4 Å². The summed E-state index contributed by atoms with van der Waals surface area (Å²) in [4.78, 5) is 10.4. The lowest BCUT2D eigenvalue weighted by Gasteiger charge is -1.92. The minimum atomic E-state index is -0.679. The van der Waals surface area contributed by atoms with Gasteiger partial charge in [0, 0.05) is 6.42 Å². The van der Waals surface area contributed by atoms with Gasteiger partial charge in [0.25, 0.3) is 0 Å². The topological polar surface area (TPSA) is 37.3 Å². The average molecular weight is 261 g/mol. The van der Waals surface area contributed by atoms with E-state index >= 15 is 0 Å². The van der Waals surface area contributed by atoms with E-state index in [4.69, 9.17) is 5.11 Å². The Labute approximate surface area is 88.7 Å². The van der Waals surface area contributed by atoms with E-state index in [9.17, 15) is 4.79 Å². The molecule has 1 aliphatic rings. The van der Waals surface area contributed by atoms with Crippen molar-refractivity contribution in [3.63, 3.8) is 0 Å². The van der Waals surface area contributed by atoms with Gasteiger partial charge in [0.2, 0.25) is 0 Å². The van der Waals surface area contributed by atoms with Crippen molar-refractivity contribution in [2.24, 2.45) is 5.92 Å². The van der Waals surface area contributed by atoms with Gasteiger partial charge in [0.05, 0.1) is 3.79 Å². The van der Waals surface area contributed by atoms with Gasteiger partial charge in [0.1, 0.15) is 0 Å². The van der Waals surface area contributed by atoms with Crippen LogP contribution in [0.3, 0.4) is 0 Å².